The molecule has 0 bridgehead atoms. The van der Waals surface area contributed by atoms with Crippen LogP contribution < -0.4 is 0 Å². The Morgan fingerprint density at radius 2 is 1.88 bits per heavy atom. The average Bonchev–Trinajstić information content (AvgIpc) is 2.34. The van der Waals surface area contributed by atoms with E-state index in [0.717, 1.165) is 12.8 Å². The van der Waals surface area contributed by atoms with Crippen molar-refractivity contribution in [1.82, 2.24) is 0 Å². The number of carbonyl (C=O) groups excluding carboxylic acids is 1. The predicted octanol–water partition coefficient (Wildman–Crippen LogP) is 5.05. The average molecular weight is 251 g/mol. The fraction of sp³-hybridized carbons (Fsp3) is 0.400. The van der Waals surface area contributed by atoms with E-state index < -0.39 is 0 Å². The van der Waals surface area contributed by atoms with Gasteiger partial charge in [-0.1, -0.05) is 43.9 Å². The molecule has 1 aromatic carbocycles. The first-order valence-corrected chi connectivity index (χ1v) is 6.58. The van der Waals surface area contributed by atoms with Crippen molar-refractivity contribution in [2.45, 2.75) is 39.0 Å². The molecule has 0 aliphatic carbocycles. The number of carbonyl (C=O) groups is 1. The molecule has 0 N–H and O–H groups in total. The molecule has 0 fully saturated rings. The van der Waals surface area contributed by atoms with Crippen molar-refractivity contribution in [2.75, 3.05) is 0 Å². The van der Waals surface area contributed by atoms with E-state index in [1.54, 1.807) is 30.3 Å². The first-order chi connectivity index (χ1) is 8.24. The van der Waals surface area contributed by atoms with Gasteiger partial charge in [-0.3, -0.25) is 4.79 Å². The lowest BCUT2D eigenvalue weighted by atomic mass is 10.1. The SMILES string of the molecule is CCCCCC/C=C/C(=O)c1ccc(Cl)cc1. The predicted molar refractivity (Wildman–Crippen MR) is 73.7 cm³/mol. The number of allylic oxidation sites excluding steroid dienone is 2. The minimum Gasteiger partial charge on any atom is -0.289 e. The number of ketones is 1. The van der Waals surface area contributed by atoms with Crippen LogP contribution >= 0.6 is 11.6 Å². The third-order valence-electron chi connectivity index (χ3n) is 2.62. The first-order valence-electron chi connectivity index (χ1n) is 6.20. The van der Waals surface area contributed by atoms with E-state index in [9.17, 15) is 4.79 Å². The fourth-order valence-electron chi connectivity index (χ4n) is 1.59. The lowest BCUT2D eigenvalue weighted by molar-refractivity contribution is 0.104. The number of benzene rings is 1. The Morgan fingerprint density at radius 1 is 1.18 bits per heavy atom. The molecular formula is C15H19ClO. The Bertz CT molecular complexity index is 365. The topological polar surface area (TPSA) is 17.1 Å². The Morgan fingerprint density at radius 3 is 2.53 bits per heavy atom. The summed E-state index contributed by atoms with van der Waals surface area (Å²) in [5, 5.41) is 0.657. The summed E-state index contributed by atoms with van der Waals surface area (Å²) in [6.07, 6.45) is 9.54. The van der Waals surface area contributed by atoms with Crippen LogP contribution in [0.5, 0.6) is 0 Å². The van der Waals surface area contributed by atoms with Crippen molar-refractivity contribution < 1.29 is 4.79 Å². The minimum absolute atomic E-state index is 0.0529. The molecule has 0 saturated heterocycles. The van der Waals surface area contributed by atoms with E-state index in [0.29, 0.717) is 10.6 Å². The Hall–Kier alpha value is -1.08. The van der Waals surface area contributed by atoms with Crippen LogP contribution in [0.3, 0.4) is 0 Å². The van der Waals surface area contributed by atoms with Crippen molar-refractivity contribution in [3.63, 3.8) is 0 Å². The van der Waals surface area contributed by atoms with Gasteiger partial charge in [0.15, 0.2) is 5.78 Å². The molecule has 0 amide bonds. The van der Waals surface area contributed by atoms with Crippen LogP contribution in [-0.4, -0.2) is 5.78 Å². The highest BCUT2D eigenvalue weighted by atomic mass is 35.5. The molecule has 0 unspecified atom stereocenters. The summed E-state index contributed by atoms with van der Waals surface area (Å²) in [5.74, 6) is 0.0529. The standard InChI is InChI=1S/C15H19ClO/c1-2-3-4-5-6-7-8-15(17)13-9-11-14(16)12-10-13/h7-12H,2-6H2,1H3/b8-7+. The van der Waals surface area contributed by atoms with E-state index in [1.165, 1.54) is 19.3 Å². The highest BCUT2D eigenvalue weighted by molar-refractivity contribution is 6.30. The van der Waals surface area contributed by atoms with Gasteiger partial charge in [0, 0.05) is 10.6 Å². The van der Waals surface area contributed by atoms with Gasteiger partial charge in [-0.25, -0.2) is 0 Å². The van der Waals surface area contributed by atoms with Crippen LogP contribution in [-0.2, 0) is 0 Å². The van der Waals surface area contributed by atoms with Crippen molar-refractivity contribution in [1.29, 1.82) is 0 Å². The van der Waals surface area contributed by atoms with E-state index >= 15 is 0 Å². The second-order valence-electron chi connectivity index (χ2n) is 4.12. The zero-order valence-corrected chi connectivity index (χ0v) is 11.0. The second-order valence-corrected chi connectivity index (χ2v) is 4.56. The molecule has 0 spiro atoms. The van der Waals surface area contributed by atoms with E-state index in [-0.39, 0.29) is 5.78 Å². The van der Waals surface area contributed by atoms with Crippen molar-refractivity contribution in [3.8, 4) is 0 Å². The van der Waals surface area contributed by atoms with Crippen LogP contribution in [0, 0.1) is 0 Å². The Kier molecular flexibility index (Phi) is 6.64. The van der Waals surface area contributed by atoms with Gasteiger partial charge in [-0.2, -0.15) is 0 Å². The molecule has 0 aromatic heterocycles. The van der Waals surface area contributed by atoms with Crippen LogP contribution in [0.4, 0.5) is 0 Å². The minimum atomic E-state index is 0.0529. The summed E-state index contributed by atoms with van der Waals surface area (Å²) in [4.78, 5) is 11.7. The molecule has 17 heavy (non-hydrogen) atoms. The summed E-state index contributed by atoms with van der Waals surface area (Å²) in [5.41, 5.74) is 0.694. The van der Waals surface area contributed by atoms with Crippen LogP contribution in [0.15, 0.2) is 36.4 Å². The largest absolute Gasteiger partial charge is 0.289 e. The summed E-state index contributed by atoms with van der Waals surface area (Å²) in [6.45, 7) is 2.19. The van der Waals surface area contributed by atoms with Gasteiger partial charge >= 0.3 is 0 Å². The van der Waals surface area contributed by atoms with Crippen molar-refractivity contribution in [2.24, 2.45) is 0 Å². The van der Waals surface area contributed by atoms with Crippen LogP contribution in [0.2, 0.25) is 5.02 Å². The number of hydrogen-bond donors (Lipinski definition) is 0. The maximum Gasteiger partial charge on any atom is 0.185 e. The maximum absolute atomic E-state index is 11.7. The Labute approximate surface area is 108 Å². The molecule has 1 rings (SSSR count). The molecule has 0 heterocycles. The molecular weight excluding hydrogens is 232 g/mol. The zero-order valence-electron chi connectivity index (χ0n) is 10.3. The second kappa shape index (κ2) is 8.08. The molecule has 0 aliphatic rings. The normalized spacial score (nSPS) is 10.9. The third kappa shape index (κ3) is 5.69. The summed E-state index contributed by atoms with van der Waals surface area (Å²) >= 11 is 5.76. The van der Waals surface area contributed by atoms with Gasteiger partial charge in [0.2, 0.25) is 0 Å². The number of unbranched alkanes of at least 4 members (excludes halogenated alkanes) is 4. The number of hydrogen-bond acceptors (Lipinski definition) is 1. The van der Waals surface area contributed by atoms with Gasteiger partial charge in [-0.15, -0.1) is 0 Å². The lowest BCUT2D eigenvalue weighted by Gasteiger charge is -1.96. The third-order valence-corrected chi connectivity index (χ3v) is 2.87. The molecule has 0 aliphatic heterocycles. The van der Waals surface area contributed by atoms with Crippen molar-refractivity contribution in [3.05, 3.63) is 47.0 Å². The first kappa shape index (κ1) is 14.0. The Balaban J connectivity index is 2.33. The zero-order chi connectivity index (χ0) is 12.5. The summed E-state index contributed by atoms with van der Waals surface area (Å²) < 4.78 is 0. The molecule has 0 saturated carbocycles. The van der Waals surface area contributed by atoms with Gasteiger partial charge in [0.25, 0.3) is 0 Å². The monoisotopic (exact) mass is 250 g/mol. The molecule has 92 valence electrons. The highest BCUT2D eigenvalue weighted by Gasteiger charge is 2.00. The summed E-state index contributed by atoms with van der Waals surface area (Å²) in [6, 6.07) is 6.99. The number of halogens is 1. The smallest absolute Gasteiger partial charge is 0.185 e. The van der Waals surface area contributed by atoms with E-state index in [2.05, 4.69) is 6.92 Å². The van der Waals surface area contributed by atoms with Crippen LogP contribution in [0.1, 0.15) is 49.4 Å². The highest BCUT2D eigenvalue weighted by Crippen LogP contribution is 2.10. The maximum atomic E-state index is 11.7. The van der Waals surface area contributed by atoms with Gasteiger partial charge in [0.05, 0.1) is 0 Å². The molecule has 1 aromatic rings. The van der Waals surface area contributed by atoms with Crippen molar-refractivity contribution >= 4 is 17.4 Å². The molecule has 1 nitrogen and oxygen atoms in total. The van der Waals surface area contributed by atoms with Crippen LogP contribution in [0.25, 0.3) is 0 Å². The van der Waals surface area contributed by atoms with Gasteiger partial charge < -0.3 is 0 Å². The van der Waals surface area contributed by atoms with Gasteiger partial charge in [0.1, 0.15) is 0 Å². The quantitative estimate of drug-likeness (QED) is 0.376. The van der Waals surface area contributed by atoms with Gasteiger partial charge in [-0.05, 0) is 43.2 Å². The van der Waals surface area contributed by atoms with E-state index in [1.807, 2.05) is 6.08 Å². The van der Waals surface area contributed by atoms with E-state index in [4.69, 9.17) is 11.6 Å². The number of rotatable bonds is 7. The lowest BCUT2D eigenvalue weighted by Crippen LogP contribution is -1.93. The summed E-state index contributed by atoms with van der Waals surface area (Å²) in [7, 11) is 0. The molecule has 0 radical (unpaired) electrons. The fourth-order valence-corrected chi connectivity index (χ4v) is 1.72. The molecule has 2 heteroatoms. The molecule has 0 atom stereocenters.